The van der Waals surface area contributed by atoms with E-state index in [-0.39, 0.29) is 17.7 Å². The molecule has 2 unspecified atom stereocenters. The maximum atomic E-state index is 14.0. The first-order valence-corrected chi connectivity index (χ1v) is 14.8. The third-order valence-electron chi connectivity index (χ3n) is 9.62. The zero-order valence-corrected chi connectivity index (χ0v) is 23.4. The number of hydrogen-bond acceptors (Lipinski definition) is 5. The van der Waals surface area contributed by atoms with Gasteiger partial charge in [0.15, 0.2) is 0 Å². The zero-order valence-electron chi connectivity index (χ0n) is 23.4. The Labute approximate surface area is 235 Å². The second-order valence-corrected chi connectivity index (χ2v) is 12.3. The maximum absolute atomic E-state index is 14.0. The quantitative estimate of drug-likeness (QED) is 0.374. The molecule has 3 aromatic rings. The normalized spacial score (nSPS) is 22.9. The molecule has 0 N–H and O–H groups in total. The number of furan rings is 1. The second kappa shape index (κ2) is 9.79. The zero-order chi connectivity index (χ0) is 27.4. The van der Waals surface area contributed by atoms with Crippen molar-refractivity contribution in [1.82, 2.24) is 9.80 Å². The lowest BCUT2D eigenvalue weighted by atomic mass is 9.91. The third-order valence-corrected chi connectivity index (χ3v) is 9.62. The van der Waals surface area contributed by atoms with Crippen LogP contribution in [-0.2, 0) is 9.59 Å². The van der Waals surface area contributed by atoms with Gasteiger partial charge in [0, 0.05) is 30.9 Å². The van der Waals surface area contributed by atoms with Gasteiger partial charge in [-0.3, -0.25) is 19.5 Å². The summed E-state index contributed by atoms with van der Waals surface area (Å²) in [6.07, 6.45) is 8.44. The largest absolute Gasteiger partial charge is 0.496 e. The number of amides is 2. The van der Waals surface area contributed by atoms with Crippen LogP contribution in [0.5, 0.6) is 5.75 Å². The summed E-state index contributed by atoms with van der Waals surface area (Å²) < 4.78 is 11.4. The number of carbonyl (C=O) groups is 2. The molecular formula is C33H37N3O4. The number of nitrogens with zero attached hydrogens (tertiary/aromatic N) is 3. The highest BCUT2D eigenvalue weighted by Gasteiger charge is 2.51. The molecule has 1 saturated heterocycles. The van der Waals surface area contributed by atoms with Crippen LogP contribution in [-0.4, -0.2) is 59.7 Å². The molecule has 40 heavy (non-hydrogen) atoms. The first-order valence-electron chi connectivity index (χ1n) is 14.8. The molecule has 0 bridgehead atoms. The molecule has 0 radical (unpaired) electrons. The van der Waals surface area contributed by atoms with Crippen LogP contribution in [0, 0.1) is 17.8 Å². The summed E-state index contributed by atoms with van der Waals surface area (Å²) in [6, 6.07) is 14.3. The van der Waals surface area contributed by atoms with Crippen LogP contribution in [0.1, 0.15) is 57.4 Å². The van der Waals surface area contributed by atoms with Crippen molar-refractivity contribution in [2.45, 2.75) is 57.4 Å². The van der Waals surface area contributed by atoms with Gasteiger partial charge >= 0.3 is 0 Å². The van der Waals surface area contributed by atoms with Crippen LogP contribution >= 0.6 is 0 Å². The molecule has 1 spiro atoms. The minimum Gasteiger partial charge on any atom is -0.496 e. The smallest absolute Gasteiger partial charge is 0.256 e. The van der Waals surface area contributed by atoms with Crippen molar-refractivity contribution in [2.75, 3.05) is 26.7 Å². The standard InChI is InChI=1S/C33H37N3O4/c1-21(26-11-15-35(20-26)31(37)22-5-6-22)19-36-30(34-33(32(36)38)13-3-4-14-33)27-9-7-24(18-29(27)39-2)23-8-10-28-25(17-23)12-16-40-28/h7-10,12,16-18,21-22,26H,3-6,11,13-15,19-20H2,1-2H3. The molecule has 3 heterocycles. The van der Waals surface area contributed by atoms with E-state index in [4.69, 9.17) is 14.1 Å². The Morgan fingerprint density at radius 1 is 1.10 bits per heavy atom. The van der Waals surface area contributed by atoms with Gasteiger partial charge in [-0.25, -0.2) is 0 Å². The molecular weight excluding hydrogens is 502 g/mol. The number of rotatable bonds is 7. The van der Waals surface area contributed by atoms with Gasteiger partial charge in [0.05, 0.1) is 18.9 Å². The Morgan fingerprint density at radius 2 is 1.88 bits per heavy atom. The molecule has 1 aromatic heterocycles. The first-order chi connectivity index (χ1) is 19.5. The van der Waals surface area contributed by atoms with Crippen molar-refractivity contribution in [3.63, 3.8) is 0 Å². The number of amidine groups is 1. The summed E-state index contributed by atoms with van der Waals surface area (Å²) in [4.78, 5) is 35.9. The summed E-state index contributed by atoms with van der Waals surface area (Å²) >= 11 is 0. The molecule has 4 aliphatic rings. The summed E-state index contributed by atoms with van der Waals surface area (Å²) in [6.45, 7) is 4.47. The van der Waals surface area contributed by atoms with Gasteiger partial charge in [0.25, 0.3) is 5.91 Å². The van der Waals surface area contributed by atoms with Crippen LogP contribution < -0.4 is 4.74 Å². The van der Waals surface area contributed by atoms with Gasteiger partial charge in [-0.2, -0.15) is 0 Å². The van der Waals surface area contributed by atoms with Crippen molar-refractivity contribution in [3.8, 4) is 16.9 Å². The van der Waals surface area contributed by atoms with Crippen LogP contribution in [0.15, 0.2) is 58.1 Å². The van der Waals surface area contributed by atoms with Crippen molar-refractivity contribution >= 4 is 28.6 Å². The van der Waals surface area contributed by atoms with E-state index in [1.807, 2.05) is 23.1 Å². The van der Waals surface area contributed by atoms with Gasteiger partial charge in [-0.05, 0) is 85.4 Å². The highest BCUT2D eigenvalue weighted by atomic mass is 16.5. The topological polar surface area (TPSA) is 75.4 Å². The van der Waals surface area contributed by atoms with Crippen molar-refractivity contribution in [1.29, 1.82) is 0 Å². The summed E-state index contributed by atoms with van der Waals surface area (Å²) in [5, 5.41) is 1.05. The number of aliphatic imine (C=N–C) groups is 1. The lowest BCUT2D eigenvalue weighted by Gasteiger charge is -2.28. The second-order valence-electron chi connectivity index (χ2n) is 12.3. The van der Waals surface area contributed by atoms with Gasteiger partial charge < -0.3 is 14.1 Å². The fraction of sp³-hybridized carbons (Fsp3) is 0.485. The van der Waals surface area contributed by atoms with Crippen LogP contribution in [0.2, 0.25) is 0 Å². The lowest BCUT2D eigenvalue weighted by Crippen LogP contribution is -2.44. The van der Waals surface area contributed by atoms with Crippen LogP contribution in [0.4, 0.5) is 0 Å². The number of likely N-dealkylation sites (tertiary alicyclic amines) is 1. The highest BCUT2D eigenvalue weighted by Crippen LogP contribution is 2.42. The maximum Gasteiger partial charge on any atom is 0.256 e. The molecule has 7 heteroatoms. The van der Waals surface area contributed by atoms with Crippen molar-refractivity contribution in [2.24, 2.45) is 22.7 Å². The molecule has 2 saturated carbocycles. The first kappa shape index (κ1) is 25.4. The molecule has 7 nitrogen and oxygen atoms in total. The van der Waals surface area contributed by atoms with E-state index < -0.39 is 5.54 Å². The van der Waals surface area contributed by atoms with Gasteiger partial charge in [-0.15, -0.1) is 0 Å². The molecule has 2 aliphatic heterocycles. The number of hydrogen-bond donors (Lipinski definition) is 0. The van der Waals surface area contributed by atoms with Gasteiger partial charge in [0.1, 0.15) is 22.7 Å². The van der Waals surface area contributed by atoms with E-state index in [9.17, 15) is 9.59 Å². The van der Waals surface area contributed by atoms with E-state index >= 15 is 0 Å². The molecule has 2 amide bonds. The Morgan fingerprint density at radius 3 is 2.65 bits per heavy atom. The van der Waals surface area contributed by atoms with Crippen LogP contribution in [0.3, 0.4) is 0 Å². The molecule has 2 aliphatic carbocycles. The summed E-state index contributed by atoms with van der Waals surface area (Å²) in [7, 11) is 1.68. The molecule has 3 fully saturated rings. The number of methoxy groups -OCH3 is 1. The van der Waals surface area contributed by atoms with Crippen LogP contribution in [0.25, 0.3) is 22.1 Å². The van der Waals surface area contributed by atoms with E-state index in [1.165, 1.54) is 0 Å². The Kier molecular flexibility index (Phi) is 6.21. The fourth-order valence-corrected chi connectivity index (χ4v) is 7.00. The predicted octanol–water partition coefficient (Wildman–Crippen LogP) is 5.90. The SMILES string of the molecule is COc1cc(-c2ccc3occc3c2)ccc1C1=NC2(CCCC2)C(=O)N1CC(C)C1CCN(C(=O)C2CC2)C1. The minimum absolute atomic E-state index is 0.132. The molecule has 2 aromatic carbocycles. The Bertz CT molecular complexity index is 1500. The van der Waals surface area contributed by atoms with Crippen molar-refractivity contribution in [3.05, 3.63) is 54.3 Å². The third kappa shape index (κ3) is 4.30. The number of ether oxygens (including phenoxy) is 1. The fourth-order valence-electron chi connectivity index (χ4n) is 7.00. The molecule has 7 rings (SSSR count). The molecule has 2 atom stereocenters. The molecule has 208 valence electrons. The van der Waals surface area contributed by atoms with E-state index in [1.54, 1.807) is 13.4 Å². The summed E-state index contributed by atoms with van der Waals surface area (Å²) in [5.41, 5.74) is 3.19. The minimum atomic E-state index is -0.644. The number of fused-ring (bicyclic) bond motifs is 1. The highest BCUT2D eigenvalue weighted by molar-refractivity contribution is 6.16. The number of benzene rings is 2. The average molecular weight is 540 g/mol. The lowest BCUT2D eigenvalue weighted by molar-refractivity contribution is -0.132. The Hall–Kier alpha value is -3.61. The average Bonchev–Trinajstić information content (AvgIpc) is 3.33. The monoisotopic (exact) mass is 539 g/mol. The predicted molar refractivity (Wildman–Crippen MR) is 154 cm³/mol. The summed E-state index contributed by atoms with van der Waals surface area (Å²) in [5.74, 6) is 2.81. The van der Waals surface area contributed by atoms with E-state index in [0.717, 1.165) is 91.5 Å². The van der Waals surface area contributed by atoms with Gasteiger partial charge in [-0.1, -0.05) is 31.9 Å². The van der Waals surface area contributed by atoms with E-state index in [0.29, 0.717) is 24.1 Å². The van der Waals surface area contributed by atoms with Crippen molar-refractivity contribution < 1.29 is 18.7 Å². The Balaban J connectivity index is 1.18. The van der Waals surface area contributed by atoms with E-state index in [2.05, 4.69) is 36.1 Å². The van der Waals surface area contributed by atoms with Gasteiger partial charge in [0.2, 0.25) is 5.91 Å². The number of carbonyl (C=O) groups excluding carboxylic acids is 2.